The molecular weight excluding hydrogens is 396 g/mol. The normalized spacial score (nSPS) is 17.8. The average molecular weight is 425 g/mol. The summed E-state index contributed by atoms with van der Waals surface area (Å²) < 4.78 is 29.8. The molecule has 0 saturated carbocycles. The van der Waals surface area contributed by atoms with Gasteiger partial charge in [-0.25, -0.2) is 18.1 Å². The van der Waals surface area contributed by atoms with Crippen LogP contribution in [-0.4, -0.2) is 42.5 Å². The lowest BCUT2D eigenvalue weighted by Crippen LogP contribution is -2.41. The highest BCUT2D eigenvalue weighted by atomic mass is 32.2. The van der Waals surface area contributed by atoms with Gasteiger partial charge >= 0.3 is 0 Å². The van der Waals surface area contributed by atoms with E-state index in [1.807, 2.05) is 60.8 Å². The van der Waals surface area contributed by atoms with Crippen molar-refractivity contribution in [3.8, 4) is 5.82 Å². The van der Waals surface area contributed by atoms with Gasteiger partial charge in [-0.3, -0.25) is 4.90 Å². The van der Waals surface area contributed by atoms with Gasteiger partial charge in [-0.15, -0.1) is 0 Å². The summed E-state index contributed by atoms with van der Waals surface area (Å²) in [5.41, 5.74) is 2.00. The Morgan fingerprint density at radius 2 is 1.87 bits per heavy atom. The Hall–Kier alpha value is -2.48. The lowest BCUT2D eigenvalue weighted by atomic mass is 9.98. The van der Waals surface area contributed by atoms with Crippen molar-refractivity contribution in [2.24, 2.45) is 5.92 Å². The molecule has 1 aliphatic heterocycles. The number of rotatable bonds is 8. The van der Waals surface area contributed by atoms with Crippen LogP contribution in [0.25, 0.3) is 5.82 Å². The molecule has 1 N–H and O–H groups in total. The van der Waals surface area contributed by atoms with Crippen LogP contribution in [0.5, 0.6) is 0 Å². The average Bonchev–Trinajstić information content (AvgIpc) is 3.22. The van der Waals surface area contributed by atoms with E-state index < -0.39 is 10.0 Å². The molecule has 7 heteroatoms. The fraction of sp³-hybridized carbons (Fsp3) is 0.348. The van der Waals surface area contributed by atoms with Gasteiger partial charge in [-0.05, 0) is 55.1 Å². The van der Waals surface area contributed by atoms with Gasteiger partial charge in [0.2, 0.25) is 10.0 Å². The maximum absolute atomic E-state index is 12.4. The van der Waals surface area contributed by atoms with E-state index in [4.69, 9.17) is 0 Å². The first kappa shape index (κ1) is 20.8. The molecule has 0 spiro atoms. The summed E-state index contributed by atoms with van der Waals surface area (Å²) in [4.78, 5) is 6.86. The third-order valence-electron chi connectivity index (χ3n) is 5.51. The minimum absolute atomic E-state index is 0.0296. The molecule has 0 bridgehead atoms. The Morgan fingerprint density at radius 3 is 2.67 bits per heavy atom. The molecule has 1 saturated heterocycles. The van der Waals surface area contributed by atoms with E-state index in [0.29, 0.717) is 12.5 Å². The van der Waals surface area contributed by atoms with Crippen LogP contribution < -0.4 is 4.72 Å². The van der Waals surface area contributed by atoms with Gasteiger partial charge in [-0.2, -0.15) is 0 Å². The quantitative estimate of drug-likeness (QED) is 0.603. The van der Waals surface area contributed by atoms with Gasteiger partial charge in [0.25, 0.3) is 0 Å². The second-order valence-electron chi connectivity index (χ2n) is 7.89. The third kappa shape index (κ3) is 5.56. The van der Waals surface area contributed by atoms with Gasteiger partial charge in [0.1, 0.15) is 5.82 Å². The number of nitrogens with zero attached hydrogens (tertiary/aromatic N) is 3. The molecule has 4 rings (SSSR count). The van der Waals surface area contributed by atoms with Gasteiger partial charge in [0.15, 0.2) is 0 Å². The van der Waals surface area contributed by atoms with Crippen molar-refractivity contribution < 1.29 is 8.42 Å². The highest BCUT2D eigenvalue weighted by Crippen LogP contribution is 2.20. The largest absolute Gasteiger partial charge is 0.304 e. The lowest BCUT2D eigenvalue weighted by Gasteiger charge is -2.33. The summed E-state index contributed by atoms with van der Waals surface area (Å²) in [6, 6.07) is 19.4. The topological polar surface area (TPSA) is 67.2 Å². The lowest BCUT2D eigenvalue weighted by molar-refractivity contribution is 0.166. The molecule has 1 aromatic carbocycles. The molecule has 3 heterocycles. The Bertz CT molecular complexity index is 1040. The van der Waals surface area contributed by atoms with Gasteiger partial charge < -0.3 is 4.57 Å². The highest BCUT2D eigenvalue weighted by molar-refractivity contribution is 7.88. The fourth-order valence-corrected chi connectivity index (χ4v) is 5.27. The SMILES string of the molecule is O=S(=O)(Cc1ccccc1)NC[C@H]1CCCN(Cc2cccn2-c2ccccn2)C1. The maximum atomic E-state index is 12.4. The summed E-state index contributed by atoms with van der Waals surface area (Å²) in [5.74, 6) is 1.27. The Labute approximate surface area is 178 Å². The van der Waals surface area contributed by atoms with Crippen LogP contribution in [0.1, 0.15) is 24.1 Å². The van der Waals surface area contributed by atoms with E-state index in [-0.39, 0.29) is 5.75 Å². The zero-order valence-electron chi connectivity index (χ0n) is 17.0. The van der Waals surface area contributed by atoms with Crippen molar-refractivity contribution in [2.45, 2.75) is 25.1 Å². The number of likely N-dealkylation sites (tertiary alicyclic amines) is 1. The number of aromatic nitrogens is 2. The number of pyridine rings is 1. The van der Waals surface area contributed by atoms with Crippen molar-refractivity contribution in [3.05, 3.63) is 84.3 Å². The standard InChI is InChI=1S/C23H28N4O2S/c28-30(29,19-20-8-2-1-3-9-20)25-16-21-10-6-14-26(17-21)18-22-11-7-15-27(22)23-12-4-5-13-24-23/h1-5,7-9,11-13,15,21,25H,6,10,14,16-19H2/t21-/m1/s1. The molecule has 0 aliphatic carbocycles. The van der Waals surface area contributed by atoms with E-state index in [0.717, 1.165) is 43.9 Å². The molecule has 3 aromatic rings. The molecule has 0 amide bonds. The minimum Gasteiger partial charge on any atom is -0.304 e. The molecule has 158 valence electrons. The Balaban J connectivity index is 1.33. The van der Waals surface area contributed by atoms with E-state index in [1.165, 1.54) is 5.69 Å². The summed E-state index contributed by atoms with van der Waals surface area (Å²) in [6.45, 7) is 3.24. The summed E-state index contributed by atoms with van der Waals surface area (Å²) in [6.07, 6.45) is 5.97. The monoisotopic (exact) mass is 424 g/mol. The Morgan fingerprint density at radius 1 is 1.03 bits per heavy atom. The zero-order valence-corrected chi connectivity index (χ0v) is 17.8. The number of benzene rings is 1. The summed E-state index contributed by atoms with van der Waals surface area (Å²) >= 11 is 0. The van der Waals surface area contributed by atoms with Crippen LogP contribution in [0, 0.1) is 5.92 Å². The molecule has 1 fully saturated rings. The number of hydrogen-bond acceptors (Lipinski definition) is 4. The molecule has 1 aliphatic rings. The van der Waals surface area contributed by atoms with Crippen molar-refractivity contribution in [1.29, 1.82) is 0 Å². The smallest absolute Gasteiger partial charge is 0.215 e. The second kappa shape index (κ2) is 9.55. The van der Waals surface area contributed by atoms with Crippen LogP contribution >= 0.6 is 0 Å². The number of hydrogen-bond donors (Lipinski definition) is 1. The van der Waals surface area contributed by atoms with Crippen molar-refractivity contribution in [1.82, 2.24) is 19.2 Å². The van der Waals surface area contributed by atoms with E-state index >= 15 is 0 Å². The molecule has 1 atom stereocenters. The molecular formula is C23H28N4O2S. The van der Waals surface area contributed by atoms with Crippen LogP contribution in [0.3, 0.4) is 0 Å². The summed E-state index contributed by atoms with van der Waals surface area (Å²) in [7, 11) is -3.33. The molecule has 30 heavy (non-hydrogen) atoms. The Kier molecular flexibility index (Phi) is 6.62. The van der Waals surface area contributed by atoms with Crippen molar-refractivity contribution in [2.75, 3.05) is 19.6 Å². The third-order valence-corrected chi connectivity index (χ3v) is 6.83. The van der Waals surface area contributed by atoms with Gasteiger partial charge in [-0.1, -0.05) is 36.4 Å². The van der Waals surface area contributed by atoms with E-state index in [9.17, 15) is 8.42 Å². The van der Waals surface area contributed by atoms with E-state index in [1.54, 1.807) is 6.20 Å². The zero-order chi connectivity index (χ0) is 20.8. The van der Waals surface area contributed by atoms with Crippen LogP contribution in [0.2, 0.25) is 0 Å². The van der Waals surface area contributed by atoms with Crippen molar-refractivity contribution >= 4 is 10.0 Å². The number of sulfonamides is 1. The first-order valence-corrected chi connectivity index (χ1v) is 12.1. The molecule has 0 radical (unpaired) electrons. The predicted molar refractivity (Wildman–Crippen MR) is 119 cm³/mol. The van der Waals surface area contributed by atoms with Gasteiger partial charge in [0.05, 0.1) is 5.75 Å². The fourth-order valence-electron chi connectivity index (χ4n) is 4.04. The molecule has 0 unspecified atom stereocenters. The van der Waals surface area contributed by atoms with Crippen molar-refractivity contribution in [3.63, 3.8) is 0 Å². The molecule has 2 aromatic heterocycles. The van der Waals surface area contributed by atoms with Crippen LogP contribution in [-0.2, 0) is 22.3 Å². The first-order chi connectivity index (χ1) is 14.6. The number of nitrogens with one attached hydrogen (secondary N) is 1. The van der Waals surface area contributed by atoms with E-state index in [2.05, 4.69) is 25.2 Å². The molecule has 6 nitrogen and oxygen atoms in total. The predicted octanol–water partition coefficient (Wildman–Crippen LogP) is 3.20. The van der Waals surface area contributed by atoms with Crippen LogP contribution in [0.15, 0.2) is 73.1 Å². The highest BCUT2D eigenvalue weighted by Gasteiger charge is 2.23. The van der Waals surface area contributed by atoms with Crippen LogP contribution in [0.4, 0.5) is 0 Å². The number of piperidine rings is 1. The maximum Gasteiger partial charge on any atom is 0.215 e. The second-order valence-corrected chi connectivity index (χ2v) is 9.70. The summed E-state index contributed by atoms with van der Waals surface area (Å²) in [5, 5.41) is 0. The minimum atomic E-state index is -3.33. The van der Waals surface area contributed by atoms with Gasteiger partial charge in [0, 0.05) is 37.7 Å². The first-order valence-electron chi connectivity index (χ1n) is 10.4.